The lowest BCUT2D eigenvalue weighted by atomic mass is 9.87. The van der Waals surface area contributed by atoms with Gasteiger partial charge in [0.25, 0.3) is 0 Å². The molecule has 0 aromatic carbocycles. The first-order chi connectivity index (χ1) is 4.63. The van der Waals surface area contributed by atoms with Crippen LogP contribution in [-0.4, -0.2) is 5.11 Å². The van der Waals surface area contributed by atoms with Crippen LogP contribution in [0.2, 0.25) is 0 Å². The Morgan fingerprint density at radius 3 is 1.45 bits per heavy atom. The molecule has 0 aliphatic heterocycles. The van der Waals surface area contributed by atoms with Crippen LogP contribution in [0.3, 0.4) is 0 Å². The zero-order valence-corrected chi connectivity index (χ0v) is 8.52. The Bertz CT molecular complexity index is 153. The van der Waals surface area contributed by atoms with Crippen LogP contribution in [0.4, 0.5) is 0 Å². The van der Waals surface area contributed by atoms with Crippen LogP contribution >= 0.6 is 0 Å². The fraction of sp³-hybridized carbons (Fsp3) is 0.800. The standard InChI is InChI=1S/C10H20O/c1-9(2,3)7-8(11)10(4,5)6/h7,11H,1-6H3. The molecule has 11 heavy (non-hydrogen) atoms. The van der Waals surface area contributed by atoms with Crippen molar-refractivity contribution >= 4 is 0 Å². The molecule has 0 radical (unpaired) electrons. The summed E-state index contributed by atoms with van der Waals surface area (Å²) in [6, 6.07) is 0. The van der Waals surface area contributed by atoms with Crippen molar-refractivity contribution in [3.63, 3.8) is 0 Å². The predicted molar refractivity (Wildman–Crippen MR) is 49.6 cm³/mol. The maximum Gasteiger partial charge on any atom is 0.0941 e. The first-order valence-electron chi connectivity index (χ1n) is 4.05. The topological polar surface area (TPSA) is 20.2 Å². The highest BCUT2D eigenvalue weighted by molar-refractivity contribution is 5.05. The molecule has 66 valence electrons. The number of allylic oxidation sites excluding steroid dienone is 2. The largest absolute Gasteiger partial charge is 0.512 e. The van der Waals surface area contributed by atoms with E-state index in [0.717, 1.165) is 0 Å². The van der Waals surface area contributed by atoms with Crippen molar-refractivity contribution in [2.45, 2.75) is 41.5 Å². The molecule has 0 bridgehead atoms. The zero-order chi connectivity index (χ0) is 9.28. The minimum atomic E-state index is -0.118. The second-order valence-corrected chi connectivity index (χ2v) is 5.15. The van der Waals surface area contributed by atoms with E-state index in [1.165, 1.54) is 0 Å². The molecule has 1 heteroatoms. The Hall–Kier alpha value is -0.460. The maximum atomic E-state index is 9.58. The molecule has 0 amide bonds. The average molecular weight is 156 g/mol. The highest BCUT2D eigenvalue weighted by atomic mass is 16.3. The molecule has 0 saturated carbocycles. The van der Waals surface area contributed by atoms with E-state index in [4.69, 9.17) is 0 Å². The Kier molecular flexibility index (Phi) is 2.76. The van der Waals surface area contributed by atoms with E-state index in [1.807, 2.05) is 26.8 Å². The van der Waals surface area contributed by atoms with Gasteiger partial charge in [0, 0.05) is 5.41 Å². The zero-order valence-electron chi connectivity index (χ0n) is 8.52. The molecular formula is C10H20O. The Balaban J connectivity index is 4.49. The second-order valence-electron chi connectivity index (χ2n) is 5.15. The van der Waals surface area contributed by atoms with Gasteiger partial charge in [-0.1, -0.05) is 41.5 Å². The third kappa shape index (κ3) is 4.88. The van der Waals surface area contributed by atoms with Gasteiger partial charge in [-0.25, -0.2) is 0 Å². The predicted octanol–water partition coefficient (Wildman–Crippen LogP) is 3.52. The van der Waals surface area contributed by atoms with Gasteiger partial charge in [-0.3, -0.25) is 0 Å². The second kappa shape index (κ2) is 2.88. The lowest BCUT2D eigenvalue weighted by Gasteiger charge is -2.21. The molecule has 0 saturated heterocycles. The van der Waals surface area contributed by atoms with Crippen molar-refractivity contribution in [1.82, 2.24) is 0 Å². The minimum absolute atomic E-state index is 0.0668. The van der Waals surface area contributed by atoms with E-state index in [0.29, 0.717) is 5.76 Å². The van der Waals surface area contributed by atoms with Crippen LogP contribution in [-0.2, 0) is 0 Å². The summed E-state index contributed by atoms with van der Waals surface area (Å²) in [5.74, 6) is 0.477. The molecular weight excluding hydrogens is 136 g/mol. The summed E-state index contributed by atoms with van der Waals surface area (Å²) in [5.41, 5.74) is -0.0509. The summed E-state index contributed by atoms with van der Waals surface area (Å²) >= 11 is 0. The Morgan fingerprint density at radius 1 is 1.00 bits per heavy atom. The molecule has 0 aliphatic rings. The molecule has 0 aromatic heterocycles. The molecule has 0 aliphatic carbocycles. The van der Waals surface area contributed by atoms with Crippen molar-refractivity contribution in [2.24, 2.45) is 10.8 Å². The third-order valence-electron chi connectivity index (χ3n) is 1.34. The molecule has 0 heterocycles. The number of hydrogen-bond donors (Lipinski definition) is 1. The van der Waals surface area contributed by atoms with Gasteiger partial charge in [0.05, 0.1) is 5.76 Å². The average Bonchev–Trinajstić information content (AvgIpc) is 1.56. The third-order valence-corrected chi connectivity index (χ3v) is 1.34. The van der Waals surface area contributed by atoms with Crippen LogP contribution in [0.15, 0.2) is 11.8 Å². The smallest absolute Gasteiger partial charge is 0.0941 e. The number of aliphatic hydroxyl groups excluding tert-OH is 1. The van der Waals surface area contributed by atoms with Gasteiger partial charge in [-0.15, -0.1) is 0 Å². The quantitative estimate of drug-likeness (QED) is 0.532. The number of hydrogen-bond acceptors (Lipinski definition) is 1. The highest BCUT2D eigenvalue weighted by Crippen LogP contribution is 2.27. The summed E-state index contributed by atoms with van der Waals surface area (Å²) in [4.78, 5) is 0. The number of rotatable bonds is 0. The summed E-state index contributed by atoms with van der Waals surface area (Å²) in [6.45, 7) is 12.2. The van der Waals surface area contributed by atoms with Gasteiger partial charge in [0.2, 0.25) is 0 Å². The van der Waals surface area contributed by atoms with Gasteiger partial charge in [0.1, 0.15) is 0 Å². The molecule has 0 spiro atoms. The van der Waals surface area contributed by atoms with E-state index >= 15 is 0 Å². The molecule has 1 nitrogen and oxygen atoms in total. The van der Waals surface area contributed by atoms with E-state index in [1.54, 1.807) is 0 Å². The van der Waals surface area contributed by atoms with Crippen LogP contribution in [0, 0.1) is 10.8 Å². The van der Waals surface area contributed by atoms with Crippen LogP contribution in [0.5, 0.6) is 0 Å². The van der Waals surface area contributed by atoms with Gasteiger partial charge >= 0.3 is 0 Å². The van der Waals surface area contributed by atoms with Crippen LogP contribution in [0.25, 0.3) is 0 Å². The molecule has 0 rings (SSSR count). The lowest BCUT2D eigenvalue weighted by molar-refractivity contribution is 0.266. The van der Waals surface area contributed by atoms with Crippen molar-refractivity contribution in [3.05, 3.63) is 11.8 Å². The van der Waals surface area contributed by atoms with Crippen molar-refractivity contribution in [1.29, 1.82) is 0 Å². The Labute approximate surface area is 70.1 Å². The SMILES string of the molecule is CC(C)(C)C=C(O)C(C)(C)C. The minimum Gasteiger partial charge on any atom is -0.512 e. The van der Waals surface area contributed by atoms with Gasteiger partial charge in [-0.2, -0.15) is 0 Å². The van der Waals surface area contributed by atoms with E-state index in [2.05, 4.69) is 20.8 Å². The monoisotopic (exact) mass is 156 g/mol. The molecule has 1 N–H and O–H groups in total. The Morgan fingerprint density at radius 2 is 1.36 bits per heavy atom. The first-order valence-corrected chi connectivity index (χ1v) is 4.05. The first kappa shape index (κ1) is 10.5. The molecule has 0 fully saturated rings. The summed E-state index contributed by atoms with van der Waals surface area (Å²) in [6.07, 6.45) is 1.91. The molecule has 0 unspecified atom stereocenters. The van der Waals surface area contributed by atoms with Crippen molar-refractivity contribution in [3.8, 4) is 0 Å². The van der Waals surface area contributed by atoms with Gasteiger partial charge in [-0.05, 0) is 11.5 Å². The fourth-order valence-electron chi connectivity index (χ4n) is 0.627. The summed E-state index contributed by atoms with van der Waals surface area (Å²) in [5, 5.41) is 9.58. The molecule has 0 atom stereocenters. The molecule has 0 aromatic rings. The van der Waals surface area contributed by atoms with Gasteiger partial charge < -0.3 is 5.11 Å². The van der Waals surface area contributed by atoms with Gasteiger partial charge in [0.15, 0.2) is 0 Å². The van der Waals surface area contributed by atoms with E-state index in [-0.39, 0.29) is 10.8 Å². The van der Waals surface area contributed by atoms with E-state index in [9.17, 15) is 5.11 Å². The van der Waals surface area contributed by atoms with Crippen molar-refractivity contribution < 1.29 is 5.11 Å². The highest BCUT2D eigenvalue weighted by Gasteiger charge is 2.18. The van der Waals surface area contributed by atoms with E-state index < -0.39 is 0 Å². The van der Waals surface area contributed by atoms with Crippen molar-refractivity contribution in [2.75, 3.05) is 0 Å². The maximum absolute atomic E-state index is 9.58. The van der Waals surface area contributed by atoms with Crippen LogP contribution in [0.1, 0.15) is 41.5 Å². The van der Waals surface area contributed by atoms with Crippen LogP contribution < -0.4 is 0 Å². The lowest BCUT2D eigenvalue weighted by Crippen LogP contribution is -2.12. The fourth-order valence-corrected chi connectivity index (χ4v) is 0.627. The summed E-state index contributed by atoms with van der Waals surface area (Å²) in [7, 11) is 0. The summed E-state index contributed by atoms with van der Waals surface area (Å²) < 4.78 is 0. The number of aliphatic hydroxyl groups is 1. The normalized spacial score (nSPS) is 15.3.